The fraction of sp³-hybridized carbons (Fsp3) is 0.353. The minimum absolute atomic E-state index is 0.0113. The van der Waals surface area contributed by atoms with Crippen LogP contribution in [0.5, 0.6) is 11.5 Å². The molecule has 2 atom stereocenters. The van der Waals surface area contributed by atoms with Crippen LogP contribution in [-0.2, 0) is 13.6 Å². The molecular formula is C34H35F2N7O4. The van der Waals surface area contributed by atoms with Gasteiger partial charge in [0.05, 0.1) is 43.2 Å². The van der Waals surface area contributed by atoms with E-state index in [-0.39, 0.29) is 42.3 Å². The van der Waals surface area contributed by atoms with E-state index in [2.05, 4.69) is 4.57 Å². The molecule has 1 saturated carbocycles. The lowest BCUT2D eigenvalue weighted by Crippen LogP contribution is -2.50. The van der Waals surface area contributed by atoms with E-state index in [1.54, 1.807) is 18.2 Å². The van der Waals surface area contributed by atoms with Gasteiger partial charge in [-0.15, -0.1) is 0 Å². The summed E-state index contributed by atoms with van der Waals surface area (Å²) in [4.78, 5) is 36.6. The number of methoxy groups -OCH3 is 2. The molecule has 2 amide bonds. The van der Waals surface area contributed by atoms with Crippen molar-refractivity contribution >= 4 is 33.9 Å². The normalized spacial score (nSPS) is 18.2. The van der Waals surface area contributed by atoms with Crippen molar-refractivity contribution < 1.29 is 27.8 Å². The van der Waals surface area contributed by atoms with Crippen molar-refractivity contribution in [2.45, 2.75) is 38.0 Å². The van der Waals surface area contributed by atoms with Crippen molar-refractivity contribution in [3.05, 3.63) is 59.4 Å². The quantitative estimate of drug-likeness (QED) is 0.255. The number of aromatic nitrogens is 4. The van der Waals surface area contributed by atoms with Crippen LogP contribution >= 0.6 is 0 Å². The molecular weight excluding hydrogens is 608 g/mol. The number of nitrogens with two attached hydrogens (primary N) is 2. The van der Waals surface area contributed by atoms with Crippen LogP contribution in [0, 0.1) is 11.7 Å². The molecule has 2 aliphatic rings. The minimum atomic E-state index is -1.18. The van der Waals surface area contributed by atoms with Gasteiger partial charge in [-0.1, -0.05) is 0 Å². The van der Waals surface area contributed by atoms with Gasteiger partial charge in [-0.3, -0.25) is 9.59 Å². The average molecular weight is 644 g/mol. The maximum Gasteiger partial charge on any atom is 0.254 e. The van der Waals surface area contributed by atoms with E-state index in [0.717, 1.165) is 30.0 Å². The molecule has 0 spiro atoms. The summed E-state index contributed by atoms with van der Waals surface area (Å²) in [7, 11) is 4.80. The Hall–Kier alpha value is -5.04. The van der Waals surface area contributed by atoms with E-state index in [1.807, 2.05) is 23.7 Å². The fourth-order valence-electron chi connectivity index (χ4n) is 6.56. The highest BCUT2D eigenvalue weighted by Crippen LogP contribution is 2.39. The number of ether oxygens (including phenoxy) is 2. The van der Waals surface area contributed by atoms with Crippen LogP contribution in [0.3, 0.4) is 0 Å². The molecule has 1 saturated heterocycles. The van der Waals surface area contributed by atoms with E-state index in [0.29, 0.717) is 52.0 Å². The molecule has 1 aliphatic heterocycles. The lowest BCUT2D eigenvalue weighted by Gasteiger charge is -2.33. The number of hydrogen-bond acceptors (Lipinski definition) is 7. The number of likely N-dealkylation sites (tertiary alicyclic amines) is 1. The molecule has 4 N–H and O–H groups in total. The third kappa shape index (κ3) is 5.43. The standard InChI is InChI=1S/C34H35F2N7O4/c1-41-30-26(8-19(10-29(30)47-3)34(45)42-15-20(35)11-21(37)16-42)40-33(41)27-9-18-6-7-25(39-32(18)43(27)14-17-4-5-17)22-13-28(46-2)23(31(38)44)12-24(22)36/h6-10,12-13,17,20-21H,4-5,11,14-16,37H2,1-3H3,(H2,38,44)/t20-,21-/m1/s1. The SMILES string of the molecule is COc1cc(-c2ccc3cc(-c4nc5cc(C(=O)N6C[C@H](N)C[C@@H](F)C6)cc(OC)c5n4C)n(CC4CC4)c3n2)c(F)cc1C(N)=O. The van der Waals surface area contributed by atoms with Gasteiger partial charge < -0.3 is 35.0 Å². The summed E-state index contributed by atoms with van der Waals surface area (Å²) in [5, 5.41) is 0.836. The largest absolute Gasteiger partial charge is 0.496 e. The predicted molar refractivity (Wildman–Crippen MR) is 173 cm³/mol. The first-order chi connectivity index (χ1) is 22.6. The van der Waals surface area contributed by atoms with Crippen LogP contribution in [-0.4, -0.2) is 75.3 Å². The van der Waals surface area contributed by atoms with E-state index in [9.17, 15) is 14.0 Å². The molecule has 11 nitrogen and oxygen atoms in total. The number of primary amides is 1. The maximum absolute atomic E-state index is 15.3. The summed E-state index contributed by atoms with van der Waals surface area (Å²) >= 11 is 0. The highest BCUT2D eigenvalue weighted by atomic mass is 19.1. The number of aryl methyl sites for hydroxylation is 1. The second kappa shape index (κ2) is 11.6. The number of alkyl halides is 1. The average Bonchev–Trinajstić information content (AvgIpc) is 3.72. The summed E-state index contributed by atoms with van der Waals surface area (Å²) in [5.74, 6) is -0.0618. The van der Waals surface area contributed by atoms with Crippen molar-refractivity contribution in [1.29, 1.82) is 0 Å². The van der Waals surface area contributed by atoms with Crippen molar-refractivity contribution in [3.63, 3.8) is 0 Å². The number of pyridine rings is 1. The first-order valence-electron chi connectivity index (χ1n) is 15.5. The van der Waals surface area contributed by atoms with Crippen LogP contribution in [0.4, 0.5) is 8.78 Å². The third-order valence-electron chi connectivity index (χ3n) is 9.06. The zero-order valence-corrected chi connectivity index (χ0v) is 26.3. The number of carbonyl (C=O) groups excluding carboxylic acids is 2. The van der Waals surface area contributed by atoms with Gasteiger partial charge in [0.1, 0.15) is 34.7 Å². The molecule has 7 rings (SSSR count). The van der Waals surface area contributed by atoms with Gasteiger partial charge in [0.2, 0.25) is 0 Å². The van der Waals surface area contributed by atoms with Gasteiger partial charge in [0.25, 0.3) is 11.8 Å². The fourth-order valence-corrected chi connectivity index (χ4v) is 6.56. The number of piperidine rings is 1. The number of amides is 2. The summed E-state index contributed by atoms with van der Waals surface area (Å²) < 4.78 is 44.7. The summed E-state index contributed by atoms with van der Waals surface area (Å²) in [6, 6.07) is 11.0. The number of carbonyl (C=O) groups is 2. The Morgan fingerprint density at radius 1 is 1.02 bits per heavy atom. The number of imidazole rings is 1. The van der Waals surface area contributed by atoms with E-state index < -0.39 is 23.9 Å². The molecule has 47 heavy (non-hydrogen) atoms. The summed E-state index contributed by atoms with van der Waals surface area (Å²) in [6.45, 7) is 0.948. The number of nitrogens with zero attached hydrogens (tertiary/aromatic N) is 5. The van der Waals surface area contributed by atoms with Crippen molar-refractivity contribution in [2.75, 3.05) is 27.3 Å². The summed E-state index contributed by atoms with van der Waals surface area (Å²) in [5.41, 5.74) is 14.9. The number of rotatable bonds is 8. The topological polar surface area (TPSA) is 144 Å². The second-order valence-electron chi connectivity index (χ2n) is 12.4. The molecule has 0 unspecified atom stereocenters. The maximum atomic E-state index is 15.3. The third-order valence-corrected chi connectivity index (χ3v) is 9.06. The van der Waals surface area contributed by atoms with Gasteiger partial charge >= 0.3 is 0 Å². The van der Waals surface area contributed by atoms with Crippen molar-refractivity contribution in [3.8, 4) is 34.3 Å². The molecule has 3 aromatic heterocycles. The molecule has 1 aliphatic carbocycles. The first-order valence-corrected chi connectivity index (χ1v) is 15.5. The highest BCUT2D eigenvalue weighted by molar-refractivity contribution is 6.00. The minimum Gasteiger partial charge on any atom is -0.496 e. The Morgan fingerprint density at radius 3 is 2.47 bits per heavy atom. The van der Waals surface area contributed by atoms with Gasteiger partial charge in [-0.25, -0.2) is 18.7 Å². The van der Waals surface area contributed by atoms with Crippen LogP contribution in [0.25, 0.3) is 44.8 Å². The van der Waals surface area contributed by atoms with Gasteiger partial charge in [0, 0.05) is 42.7 Å². The number of halogens is 2. The van der Waals surface area contributed by atoms with E-state index >= 15 is 4.39 Å². The van der Waals surface area contributed by atoms with Crippen LogP contribution in [0.15, 0.2) is 42.5 Å². The van der Waals surface area contributed by atoms with Gasteiger partial charge in [-0.05, 0) is 67.6 Å². The molecule has 4 heterocycles. The Labute approximate surface area is 269 Å². The van der Waals surface area contributed by atoms with Crippen molar-refractivity contribution in [2.24, 2.45) is 24.4 Å². The molecule has 2 aromatic carbocycles. The number of benzene rings is 2. The zero-order chi connectivity index (χ0) is 33.1. The van der Waals surface area contributed by atoms with E-state index in [4.69, 9.17) is 30.9 Å². The molecule has 2 fully saturated rings. The van der Waals surface area contributed by atoms with E-state index in [1.165, 1.54) is 25.2 Å². The molecule has 13 heteroatoms. The predicted octanol–water partition coefficient (Wildman–Crippen LogP) is 4.43. The second-order valence-corrected chi connectivity index (χ2v) is 12.4. The lowest BCUT2D eigenvalue weighted by molar-refractivity contribution is 0.0606. The monoisotopic (exact) mass is 643 g/mol. The van der Waals surface area contributed by atoms with Gasteiger partial charge in [-0.2, -0.15) is 0 Å². The van der Waals surface area contributed by atoms with Crippen molar-refractivity contribution in [1.82, 2.24) is 24.0 Å². The van der Waals surface area contributed by atoms with Crippen LogP contribution < -0.4 is 20.9 Å². The summed E-state index contributed by atoms with van der Waals surface area (Å²) in [6.07, 6.45) is 1.22. The van der Waals surface area contributed by atoms with Crippen LogP contribution in [0.2, 0.25) is 0 Å². The molecule has 0 radical (unpaired) electrons. The highest BCUT2D eigenvalue weighted by Gasteiger charge is 2.31. The number of hydrogen-bond donors (Lipinski definition) is 2. The van der Waals surface area contributed by atoms with Crippen LogP contribution in [0.1, 0.15) is 40.0 Å². The Morgan fingerprint density at radius 2 is 1.79 bits per heavy atom. The zero-order valence-electron chi connectivity index (χ0n) is 26.3. The Balaban J connectivity index is 1.34. The first kappa shape index (κ1) is 30.6. The number of fused-ring (bicyclic) bond motifs is 2. The van der Waals surface area contributed by atoms with Gasteiger partial charge in [0.15, 0.2) is 5.82 Å². The Kier molecular flexibility index (Phi) is 7.58. The smallest absolute Gasteiger partial charge is 0.254 e. The Bertz CT molecular complexity index is 2060. The molecule has 0 bridgehead atoms. The lowest BCUT2D eigenvalue weighted by atomic mass is 10.0. The molecule has 5 aromatic rings. The molecule has 244 valence electrons.